The highest BCUT2D eigenvalue weighted by atomic mass is 79.9. The van der Waals surface area contributed by atoms with Crippen LogP contribution in [0.4, 0.5) is 0 Å². The van der Waals surface area contributed by atoms with Crippen molar-refractivity contribution in [1.29, 1.82) is 0 Å². The van der Waals surface area contributed by atoms with Crippen LogP contribution < -0.4 is 14.8 Å². The van der Waals surface area contributed by atoms with Gasteiger partial charge in [-0.15, -0.1) is 12.3 Å². The van der Waals surface area contributed by atoms with Crippen molar-refractivity contribution in [2.75, 3.05) is 13.7 Å². The molecule has 1 unspecified atom stereocenters. The second kappa shape index (κ2) is 9.70. The van der Waals surface area contributed by atoms with Gasteiger partial charge in [0.15, 0.2) is 11.5 Å². The van der Waals surface area contributed by atoms with Crippen LogP contribution in [0.1, 0.15) is 38.7 Å². The Morgan fingerprint density at radius 3 is 2.71 bits per heavy atom. The molecule has 0 radical (unpaired) electrons. The van der Waals surface area contributed by atoms with Crippen LogP contribution in [0.25, 0.3) is 0 Å². The number of terminal acetylenes is 1. The summed E-state index contributed by atoms with van der Waals surface area (Å²) in [6.45, 7) is 5.64. The third-order valence-corrected chi connectivity index (χ3v) is 3.78. The van der Waals surface area contributed by atoms with E-state index in [-0.39, 0.29) is 0 Å². The zero-order valence-corrected chi connectivity index (χ0v) is 14.6. The van der Waals surface area contributed by atoms with Gasteiger partial charge in [0.25, 0.3) is 0 Å². The number of halogens is 1. The average molecular weight is 354 g/mol. The fourth-order valence-corrected chi connectivity index (χ4v) is 2.59. The summed E-state index contributed by atoms with van der Waals surface area (Å²) in [6.07, 6.45) is 8.09. The van der Waals surface area contributed by atoms with Gasteiger partial charge in [0, 0.05) is 19.0 Å². The smallest absolute Gasteiger partial charge is 0.175 e. The van der Waals surface area contributed by atoms with Crippen molar-refractivity contribution in [2.45, 2.75) is 45.7 Å². The largest absolute Gasteiger partial charge is 0.493 e. The van der Waals surface area contributed by atoms with Crippen LogP contribution in [0, 0.1) is 12.3 Å². The van der Waals surface area contributed by atoms with Gasteiger partial charge >= 0.3 is 0 Å². The molecule has 0 heterocycles. The minimum atomic E-state index is 0.343. The topological polar surface area (TPSA) is 30.5 Å². The number of methoxy groups -OCH3 is 1. The molecule has 3 nitrogen and oxygen atoms in total. The molecule has 0 bridgehead atoms. The molecule has 0 spiro atoms. The van der Waals surface area contributed by atoms with Gasteiger partial charge in [-0.05, 0) is 46.5 Å². The summed E-state index contributed by atoms with van der Waals surface area (Å²) in [5, 5.41) is 3.47. The van der Waals surface area contributed by atoms with E-state index in [4.69, 9.17) is 15.9 Å². The van der Waals surface area contributed by atoms with Gasteiger partial charge in [-0.2, -0.15) is 0 Å². The number of nitrogens with one attached hydrogen (secondary N) is 1. The summed E-state index contributed by atoms with van der Waals surface area (Å²) in [6, 6.07) is 4.41. The number of hydrogen-bond acceptors (Lipinski definition) is 3. The lowest BCUT2D eigenvalue weighted by atomic mass is 10.1. The average Bonchev–Trinajstić information content (AvgIpc) is 2.49. The van der Waals surface area contributed by atoms with Gasteiger partial charge in [-0.3, -0.25) is 0 Å². The van der Waals surface area contributed by atoms with E-state index in [1.807, 2.05) is 6.07 Å². The Kier molecular flexibility index (Phi) is 8.26. The van der Waals surface area contributed by atoms with E-state index in [2.05, 4.69) is 47.1 Å². The number of hydrogen-bond donors (Lipinski definition) is 1. The molecular formula is C17H24BrNO2. The molecule has 0 aliphatic carbocycles. The molecule has 0 aliphatic heterocycles. The van der Waals surface area contributed by atoms with Crippen molar-refractivity contribution in [2.24, 2.45) is 0 Å². The van der Waals surface area contributed by atoms with Gasteiger partial charge in [-0.25, -0.2) is 0 Å². The summed E-state index contributed by atoms with van der Waals surface area (Å²) in [7, 11) is 1.66. The van der Waals surface area contributed by atoms with Crippen LogP contribution in [0.15, 0.2) is 16.6 Å². The van der Waals surface area contributed by atoms with Gasteiger partial charge in [0.2, 0.25) is 0 Å². The first-order chi connectivity index (χ1) is 10.2. The summed E-state index contributed by atoms with van der Waals surface area (Å²) in [4.78, 5) is 0. The zero-order valence-electron chi connectivity index (χ0n) is 13.0. The summed E-state index contributed by atoms with van der Waals surface area (Å²) in [5.41, 5.74) is 1.14. The molecule has 0 fully saturated rings. The van der Waals surface area contributed by atoms with Crippen molar-refractivity contribution < 1.29 is 9.47 Å². The Hall–Kier alpha value is -1.18. The molecule has 0 saturated carbocycles. The first-order valence-electron chi connectivity index (χ1n) is 7.32. The van der Waals surface area contributed by atoms with E-state index in [1.54, 1.807) is 7.11 Å². The second-order valence-corrected chi connectivity index (χ2v) is 5.71. The number of rotatable bonds is 9. The lowest BCUT2D eigenvalue weighted by Gasteiger charge is -2.17. The number of ether oxygens (including phenoxy) is 2. The standard InChI is InChI=1S/C17H24BrNO2/c1-5-8-14(7-3)19-12-13-10-15(18)17(21-9-6-2)16(11-13)20-4/h1,10-11,14,19H,6-9,12H2,2-4H3. The van der Waals surface area contributed by atoms with Crippen molar-refractivity contribution in [3.8, 4) is 23.8 Å². The van der Waals surface area contributed by atoms with Gasteiger partial charge < -0.3 is 14.8 Å². The predicted octanol–water partition coefficient (Wildman–Crippen LogP) is 4.14. The molecule has 4 heteroatoms. The van der Waals surface area contributed by atoms with Crippen LogP contribution >= 0.6 is 15.9 Å². The minimum absolute atomic E-state index is 0.343. The molecule has 0 aliphatic rings. The normalized spacial score (nSPS) is 11.8. The molecule has 0 aromatic heterocycles. The van der Waals surface area contributed by atoms with E-state index >= 15 is 0 Å². The maximum absolute atomic E-state index is 5.73. The molecule has 0 amide bonds. The van der Waals surface area contributed by atoms with Crippen LogP contribution in [0.5, 0.6) is 11.5 Å². The Morgan fingerprint density at radius 1 is 1.38 bits per heavy atom. The van der Waals surface area contributed by atoms with Crippen LogP contribution in [0.3, 0.4) is 0 Å². The van der Waals surface area contributed by atoms with Crippen LogP contribution in [-0.4, -0.2) is 19.8 Å². The fourth-order valence-electron chi connectivity index (χ4n) is 1.98. The van der Waals surface area contributed by atoms with E-state index in [1.165, 1.54) is 0 Å². The van der Waals surface area contributed by atoms with Gasteiger partial charge in [-0.1, -0.05) is 13.8 Å². The van der Waals surface area contributed by atoms with Crippen molar-refractivity contribution in [1.82, 2.24) is 5.32 Å². The van der Waals surface area contributed by atoms with Crippen molar-refractivity contribution in [3.05, 3.63) is 22.2 Å². The summed E-state index contributed by atoms with van der Waals surface area (Å²) >= 11 is 3.56. The molecule has 1 rings (SSSR count). The maximum atomic E-state index is 5.73. The van der Waals surface area contributed by atoms with E-state index in [0.29, 0.717) is 12.6 Å². The Balaban J connectivity index is 2.80. The summed E-state index contributed by atoms with van der Waals surface area (Å²) < 4.78 is 12.1. The monoisotopic (exact) mass is 353 g/mol. The second-order valence-electron chi connectivity index (χ2n) is 4.85. The van der Waals surface area contributed by atoms with Crippen LogP contribution in [-0.2, 0) is 6.54 Å². The molecule has 1 N–H and O–H groups in total. The van der Waals surface area contributed by atoms with Crippen molar-refractivity contribution >= 4 is 15.9 Å². The Morgan fingerprint density at radius 2 is 2.14 bits per heavy atom. The molecule has 21 heavy (non-hydrogen) atoms. The summed E-state index contributed by atoms with van der Waals surface area (Å²) in [5.74, 6) is 4.22. The maximum Gasteiger partial charge on any atom is 0.175 e. The highest BCUT2D eigenvalue weighted by Gasteiger charge is 2.12. The third-order valence-electron chi connectivity index (χ3n) is 3.19. The molecule has 1 atom stereocenters. The van der Waals surface area contributed by atoms with Crippen LogP contribution in [0.2, 0.25) is 0 Å². The Bertz CT molecular complexity index is 482. The first-order valence-corrected chi connectivity index (χ1v) is 8.11. The first kappa shape index (κ1) is 17.9. The number of benzene rings is 1. The highest BCUT2D eigenvalue weighted by Crippen LogP contribution is 2.36. The lowest BCUT2D eigenvalue weighted by Crippen LogP contribution is -2.27. The quantitative estimate of drug-likeness (QED) is 0.676. The van der Waals surface area contributed by atoms with E-state index < -0.39 is 0 Å². The van der Waals surface area contributed by atoms with Gasteiger partial charge in [0.1, 0.15) is 0 Å². The molecule has 1 aromatic rings. The Labute approximate surface area is 136 Å². The molecule has 0 saturated heterocycles. The molecule has 1 aromatic carbocycles. The predicted molar refractivity (Wildman–Crippen MR) is 90.8 cm³/mol. The lowest BCUT2D eigenvalue weighted by molar-refractivity contribution is 0.292. The van der Waals surface area contributed by atoms with Crippen molar-refractivity contribution in [3.63, 3.8) is 0 Å². The zero-order chi connectivity index (χ0) is 15.7. The SMILES string of the molecule is C#CCC(CC)NCc1cc(Br)c(OCCC)c(OC)c1. The highest BCUT2D eigenvalue weighted by molar-refractivity contribution is 9.10. The minimum Gasteiger partial charge on any atom is -0.493 e. The third kappa shape index (κ3) is 5.61. The van der Waals surface area contributed by atoms with Gasteiger partial charge in [0.05, 0.1) is 18.2 Å². The molecular weight excluding hydrogens is 330 g/mol. The van der Waals surface area contributed by atoms with E-state index in [0.717, 1.165) is 47.3 Å². The van der Waals surface area contributed by atoms with E-state index in [9.17, 15) is 0 Å². The molecule has 116 valence electrons. The fraction of sp³-hybridized carbons (Fsp3) is 0.529.